The molecule has 3 aromatic rings. The zero-order valence-corrected chi connectivity index (χ0v) is 16.4. The van der Waals surface area contributed by atoms with Crippen LogP contribution < -0.4 is 10.2 Å². The van der Waals surface area contributed by atoms with Gasteiger partial charge >= 0.3 is 0 Å². The normalized spacial score (nSPS) is 18.6. The predicted octanol–water partition coefficient (Wildman–Crippen LogP) is 5.02. The molecule has 2 aliphatic rings. The Morgan fingerprint density at radius 2 is 2.00 bits per heavy atom. The standard InChI is InChI=1S/C22H23N7/c1-14-5-7-16(8-6-14)18-4-3-11-29(18)22-20(23-2)21(24-13-25-22)26-19-12-17(27-28-19)15-9-10-15/h5-8,12-13,15,18H,3-4,9-11H2,1H3,(H2,24,25,26,27,28). The number of hydrogen-bond donors (Lipinski definition) is 2. The Balaban J connectivity index is 1.45. The second-order valence-electron chi connectivity index (χ2n) is 7.88. The summed E-state index contributed by atoms with van der Waals surface area (Å²) in [6.45, 7) is 10.8. The summed E-state index contributed by atoms with van der Waals surface area (Å²) in [7, 11) is 0. The van der Waals surface area contributed by atoms with Crippen LogP contribution in [0.4, 0.5) is 23.1 Å². The van der Waals surface area contributed by atoms with Crippen molar-refractivity contribution < 1.29 is 0 Å². The molecule has 7 nitrogen and oxygen atoms in total. The van der Waals surface area contributed by atoms with Crippen LogP contribution in [-0.2, 0) is 0 Å². The Morgan fingerprint density at radius 1 is 1.17 bits per heavy atom. The van der Waals surface area contributed by atoms with Crippen molar-refractivity contribution in [1.82, 2.24) is 20.2 Å². The molecule has 1 aliphatic heterocycles. The third kappa shape index (κ3) is 3.42. The third-order valence-corrected chi connectivity index (χ3v) is 5.76. The van der Waals surface area contributed by atoms with Crippen molar-refractivity contribution in [1.29, 1.82) is 0 Å². The molecule has 3 heterocycles. The molecule has 1 saturated heterocycles. The van der Waals surface area contributed by atoms with Gasteiger partial charge in [0, 0.05) is 24.2 Å². The molecule has 29 heavy (non-hydrogen) atoms. The van der Waals surface area contributed by atoms with Gasteiger partial charge in [-0.2, -0.15) is 5.10 Å². The van der Waals surface area contributed by atoms with E-state index in [4.69, 9.17) is 6.57 Å². The molecule has 146 valence electrons. The Bertz CT molecular complexity index is 1060. The minimum Gasteiger partial charge on any atom is -0.358 e. The number of anilines is 3. The monoisotopic (exact) mass is 385 g/mol. The molecule has 2 N–H and O–H groups in total. The third-order valence-electron chi connectivity index (χ3n) is 5.76. The van der Waals surface area contributed by atoms with Gasteiger partial charge in [-0.1, -0.05) is 29.8 Å². The highest BCUT2D eigenvalue weighted by molar-refractivity contribution is 5.81. The minimum atomic E-state index is 0.228. The van der Waals surface area contributed by atoms with Crippen LogP contribution in [0, 0.1) is 13.5 Å². The van der Waals surface area contributed by atoms with Gasteiger partial charge in [-0.3, -0.25) is 5.10 Å². The largest absolute Gasteiger partial charge is 0.358 e. The van der Waals surface area contributed by atoms with E-state index < -0.39 is 0 Å². The molecule has 1 unspecified atom stereocenters. The van der Waals surface area contributed by atoms with Crippen molar-refractivity contribution in [2.24, 2.45) is 0 Å². The van der Waals surface area contributed by atoms with Gasteiger partial charge < -0.3 is 10.2 Å². The van der Waals surface area contributed by atoms with Gasteiger partial charge in [0.15, 0.2) is 5.82 Å². The number of benzene rings is 1. The molecule has 0 spiro atoms. The van der Waals surface area contributed by atoms with E-state index >= 15 is 0 Å². The first kappa shape index (κ1) is 17.7. The average Bonchev–Trinajstić information content (AvgIpc) is 3.29. The van der Waals surface area contributed by atoms with Gasteiger partial charge in [0.1, 0.15) is 18.0 Å². The first-order chi connectivity index (χ1) is 14.2. The number of aromatic nitrogens is 4. The summed E-state index contributed by atoms with van der Waals surface area (Å²) in [6.07, 6.45) is 6.08. The van der Waals surface area contributed by atoms with Crippen molar-refractivity contribution >= 4 is 23.1 Å². The lowest BCUT2D eigenvalue weighted by Gasteiger charge is -2.27. The van der Waals surface area contributed by atoms with Crippen molar-refractivity contribution in [2.45, 2.75) is 44.6 Å². The highest BCUT2D eigenvalue weighted by Gasteiger charge is 2.30. The highest BCUT2D eigenvalue weighted by Crippen LogP contribution is 2.43. The zero-order chi connectivity index (χ0) is 19.8. The number of nitrogens with one attached hydrogen (secondary N) is 2. The first-order valence-electron chi connectivity index (χ1n) is 10.1. The highest BCUT2D eigenvalue weighted by atomic mass is 15.3. The molecular formula is C22H23N7. The zero-order valence-electron chi connectivity index (χ0n) is 16.4. The lowest BCUT2D eigenvalue weighted by atomic mass is 10.0. The quantitative estimate of drug-likeness (QED) is 0.603. The van der Waals surface area contributed by atoms with Crippen molar-refractivity contribution in [2.75, 3.05) is 16.8 Å². The molecule has 0 amide bonds. The molecule has 1 aromatic carbocycles. The molecular weight excluding hydrogens is 362 g/mol. The van der Waals surface area contributed by atoms with Gasteiger partial charge in [0.2, 0.25) is 0 Å². The number of nitrogens with zero attached hydrogens (tertiary/aromatic N) is 5. The molecule has 0 radical (unpaired) electrons. The van der Waals surface area contributed by atoms with E-state index in [1.807, 2.05) is 6.07 Å². The van der Waals surface area contributed by atoms with Gasteiger partial charge in [0.05, 0.1) is 12.6 Å². The van der Waals surface area contributed by atoms with Crippen LogP contribution >= 0.6 is 0 Å². The van der Waals surface area contributed by atoms with Crippen LogP contribution in [0.25, 0.3) is 4.85 Å². The summed E-state index contributed by atoms with van der Waals surface area (Å²) in [5, 5.41) is 10.6. The maximum absolute atomic E-state index is 7.79. The summed E-state index contributed by atoms with van der Waals surface area (Å²) in [6, 6.07) is 10.9. The average molecular weight is 385 g/mol. The van der Waals surface area contributed by atoms with Crippen LogP contribution in [0.2, 0.25) is 0 Å². The fourth-order valence-corrected chi connectivity index (χ4v) is 4.05. The molecule has 0 bridgehead atoms. The molecule has 1 aliphatic carbocycles. The minimum absolute atomic E-state index is 0.228. The lowest BCUT2D eigenvalue weighted by Crippen LogP contribution is -2.24. The fraction of sp³-hybridized carbons (Fsp3) is 0.364. The first-order valence-corrected chi connectivity index (χ1v) is 10.1. The van der Waals surface area contributed by atoms with Crippen molar-refractivity contribution in [3.8, 4) is 0 Å². The smallest absolute Gasteiger partial charge is 0.269 e. The Morgan fingerprint density at radius 3 is 2.76 bits per heavy atom. The number of hydrogen-bond acceptors (Lipinski definition) is 5. The maximum Gasteiger partial charge on any atom is 0.269 e. The van der Waals surface area contributed by atoms with Gasteiger partial charge in [-0.05, 0) is 38.2 Å². The summed E-state index contributed by atoms with van der Waals surface area (Å²) in [4.78, 5) is 14.9. The Labute approximate surface area is 170 Å². The van der Waals surface area contributed by atoms with E-state index in [1.54, 1.807) is 0 Å². The molecule has 5 rings (SSSR count). The van der Waals surface area contributed by atoms with Crippen molar-refractivity contribution in [3.63, 3.8) is 0 Å². The molecule has 1 atom stereocenters. The van der Waals surface area contributed by atoms with Crippen LogP contribution in [0.3, 0.4) is 0 Å². The van der Waals surface area contributed by atoms with Gasteiger partial charge in [0.25, 0.3) is 5.69 Å². The fourth-order valence-electron chi connectivity index (χ4n) is 4.05. The Hall–Kier alpha value is -3.40. The number of aromatic amines is 1. The van der Waals surface area contributed by atoms with E-state index in [2.05, 4.69) is 66.4 Å². The molecule has 2 fully saturated rings. The summed E-state index contributed by atoms with van der Waals surface area (Å²) in [5.74, 6) is 2.49. The predicted molar refractivity (Wildman–Crippen MR) is 113 cm³/mol. The molecule has 2 aromatic heterocycles. The van der Waals surface area contributed by atoms with E-state index in [9.17, 15) is 0 Å². The summed E-state index contributed by atoms with van der Waals surface area (Å²) >= 11 is 0. The second kappa shape index (κ2) is 7.21. The van der Waals surface area contributed by atoms with Crippen LogP contribution in [-0.4, -0.2) is 26.7 Å². The topological polar surface area (TPSA) is 74.1 Å². The van der Waals surface area contributed by atoms with Crippen LogP contribution in [0.15, 0.2) is 36.7 Å². The number of H-pyrrole nitrogens is 1. The summed E-state index contributed by atoms with van der Waals surface area (Å²) < 4.78 is 0. The molecule has 1 saturated carbocycles. The van der Waals surface area contributed by atoms with E-state index in [1.165, 1.54) is 30.3 Å². The lowest BCUT2D eigenvalue weighted by molar-refractivity contribution is 0.711. The number of rotatable bonds is 5. The summed E-state index contributed by atoms with van der Waals surface area (Å²) in [5.41, 5.74) is 4.10. The number of aryl methyl sites for hydroxylation is 1. The SMILES string of the molecule is [C-]#[N+]c1c(Nc2cc(C3CC3)[nH]n2)ncnc1N1CCCC1c1ccc(C)cc1. The van der Waals surface area contributed by atoms with E-state index in [0.717, 1.165) is 25.1 Å². The van der Waals surface area contributed by atoms with Crippen molar-refractivity contribution in [3.05, 3.63) is 64.9 Å². The second-order valence-corrected chi connectivity index (χ2v) is 7.88. The van der Waals surface area contributed by atoms with E-state index in [0.29, 0.717) is 29.1 Å². The Kier molecular flexibility index (Phi) is 4.39. The molecule has 7 heteroatoms. The maximum atomic E-state index is 7.79. The van der Waals surface area contributed by atoms with Crippen LogP contribution in [0.1, 0.15) is 54.5 Å². The van der Waals surface area contributed by atoms with Crippen LogP contribution in [0.5, 0.6) is 0 Å². The van der Waals surface area contributed by atoms with Gasteiger partial charge in [-0.15, -0.1) is 0 Å². The van der Waals surface area contributed by atoms with E-state index in [-0.39, 0.29) is 6.04 Å². The van der Waals surface area contributed by atoms with Gasteiger partial charge in [-0.25, -0.2) is 14.8 Å².